The Morgan fingerprint density at radius 3 is 2.37 bits per heavy atom. The highest BCUT2D eigenvalue weighted by atomic mass is 32.2. The molecule has 0 bridgehead atoms. The summed E-state index contributed by atoms with van der Waals surface area (Å²) in [5.41, 5.74) is 0.480. The lowest BCUT2D eigenvalue weighted by Crippen LogP contribution is -2.11. The maximum Gasteiger partial charge on any atom is 0.291 e. The summed E-state index contributed by atoms with van der Waals surface area (Å²) >= 11 is 0. The Morgan fingerprint density at radius 2 is 1.70 bits per heavy atom. The monoisotopic (exact) mass is 385 g/mol. The van der Waals surface area contributed by atoms with Crippen LogP contribution < -0.4 is 10.1 Å². The topological polar surface area (TPSA) is 85.6 Å². The molecular weight excluding hydrogens is 366 g/mol. The van der Waals surface area contributed by atoms with Gasteiger partial charge in [-0.05, 0) is 48.5 Å². The summed E-state index contributed by atoms with van der Waals surface area (Å²) in [6.07, 6.45) is 0. The summed E-state index contributed by atoms with van der Waals surface area (Å²) in [5, 5.41) is 2.67. The van der Waals surface area contributed by atoms with Gasteiger partial charge in [-0.25, -0.2) is 8.42 Å². The van der Waals surface area contributed by atoms with Gasteiger partial charge in [-0.15, -0.1) is 0 Å². The number of sulfone groups is 1. The maximum atomic E-state index is 12.3. The zero-order valence-electron chi connectivity index (χ0n) is 14.7. The molecule has 0 aliphatic rings. The van der Waals surface area contributed by atoms with Crippen LogP contribution in [0.2, 0.25) is 0 Å². The van der Waals surface area contributed by atoms with Gasteiger partial charge in [-0.3, -0.25) is 4.79 Å². The minimum atomic E-state index is -3.27. The highest BCUT2D eigenvalue weighted by Crippen LogP contribution is 2.18. The number of carbonyl (C=O) groups is 1. The second kappa shape index (κ2) is 8.09. The molecular formula is C20H19NO5S. The lowest BCUT2D eigenvalue weighted by atomic mass is 10.3. The molecule has 0 fully saturated rings. The fourth-order valence-corrected chi connectivity index (χ4v) is 3.24. The summed E-state index contributed by atoms with van der Waals surface area (Å²) < 4.78 is 34.7. The van der Waals surface area contributed by atoms with Gasteiger partial charge in [0, 0.05) is 5.69 Å². The number of rotatable bonds is 7. The lowest BCUT2D eigenvalue weighted by Gasteiger charge is -2.06. The summed E-state index contributed by atoms with van der Waals surface area (Å²) in [7, 11) is -3.27. The first-order chi connectivity index (χ1) is 13.0. The number of benzene rings is 2. The van der Waals surface area contributed by atoms with Gasteiger partial charge in [-0.1, -0.05) is 25.1 Å². The van der Waals surface area contributed by atoms with Crippen molar-refractivity contribution in [2.45, 2.75) is 18.4 Å². The van der Waals surface area contributed by atoms with E-state index >= 15 is 0 Å². The van der Waals surface area contributed by atoms with Crippen LogP contribution in [0.1, 0.15) is 23.2 Å². The molecule has 0 saturated carbocycles. The van der Waals surface area contributed by atoms with Crippen LogP contribution in [0.15, 0.2) is 76.0 Å². The van der Waals surface area contributed by atoms with E-state index in [0.717, 1.165) is 0 Å². The number of carbonyl (C=O) groups excluding carboxylic acids is 1. The van der Waals surface area contributed by atoms with E-state index in [-0.39, 0.29) is 23.0 Å². The van der Waals surface area contributed by atoms with Crippen molar-refractivity contribution < 1.29 is 22.4 Å². The van der Waals surface area contributed by atoms with Gasteiger partial charge < -0.3 is 14.5 Å². The van der Waals surface area contributed by atoms with Crippen molar-refractivity contribution in [2.75, 3.05) is 11.1 Å². The maximum absolute atomic E-state index is 12.3. The van der Waals surface area contributed by atoms with E-state index in [0.29, 0.717) is 17.2 Å². The number of amides is 1. The third kappa shape index (κ3) is 4.77. The molecule has 1 N–H and O–H groups in total. The Labute approximate surface area is 157 Å². The van der Waals surface area contributed by atoms with E-state index in [1.165, 1.54) is 12.1 Å². The molecule has 1 amide bonds. The molecule has 2 aromatic carbocycles. The normalized spacial score (nSPS) is 11.1. The number of hydrogen-bond donors (Lipinski definition) is 1. The molecule has 0 atom stereocenters. The highest BCUT2D eigenvalue weighted by molar-refractivity contribution is 7.91. The zero-order chi connectivity index (χ0) is 19.3. The van der Waals surface area contributed by atoms with Gasteiger partial charge >= 0.3 is 0 Å². The predicted octanol–water partition coefficient (Wildman–Crippen LogP) is 3.90. The van der Waals surface area contributed by atoms with Gasteiger partial charge in [0.1, 0.15) is 18.1 Å². The Bertz CT molecular complexity index is 1010. The molecule has 0 aliphatic carbocycles. The lowest BCUT2D eigenvalue weighted by molar-refractivity contribution is 0.0992. The predicted molar refractivity (Wildman–Crippen MR) is 102 cm³/mol. The minimum Gasteiger partial charge on any atom is -0.486 e. The zero-order valence-corrected chi connectivity index (χ0v) is 15.5. The van der Waals surface area contributed by atoms with E-state index in [4.69, 9.17) is 9.15 Å². The number of nitrogens with one attached hydrogen (secondary N) is 1. The van der Waals surface area contributed by atoms with Crippen LogP contribution in [0.5, 0.6) is 5.75 Å². The molecule has 6 nitrogen and oxygen atoms in total. The average molecular weight is 385 g/mol. The molecule has 0 radical (unpaired) electrons. The standard InChI is InChI=1S/C20H19NO5S/c1-2-27(23,24)18-11-8-15(9-12-18)21-20(22)19-13-10-17(26-19)14-25-16-6-4-3-5-7-16/h3-13H,2,14H2,1H3,(H,21,22). The van der Waals surface area contributed by atoms with Crippen molar-refractivity contribution in [2.24, 2.45) is 0 Å². The van der Waals surface area contributed by atoms with Crippen LogP contribution in [0.4, 0.5) is 5.69 Å². The van der Waals surface area contributed by atoms with Crippen molar-refractivity contribution in [1.82, 2.24) is 0 Å². The second-order valence-electron chi connectivity index (χ2n) is 5.75. The number of ether oxygens (including phenoxy) is 1. The van der Waals surface area contributed by atoms with Crippen LogP contribution in [0.25, 0.3) is 0 Å². The number of para-hydroxylation sites is 1. The molecule has 7 heteroatoms. The first kappa shape index (κ1) is 18.7. The van der Waals surface area contributed by atoms with Crippen LogP contribution in [-0.2, 0) is 16.4 Å². The highest BCUT2D eigenvalue weighted by Gasteiger charge is 2.14. The minimum absolute atomic E-state index is 0.0267. The van der Waals surface area contributed by atoms with Crippen LogP contribution in [0.3, 0.4) is 0 Å². The molecule has 0 aliphatic heterocycles. The van der Waals surface area contributed by atoms with E-state index in [1.807, 2.05) is 30.3 Å². The van der Waals surface area contributed by atoms with Gasteiger partial charge in [0.25, 0.3) is 5.91 Å². The summed E-state index contributed by atoms with van der Waals surface area (Å²) in [6.45, 7) is 1.79. The SMILES string of the molecule is CCS(=O)(=O)c1ccc(NC(=O)c2ccc(COc3ccccc3)o2)cc1. The summed E-state index contributed by atoms with van der Waals surface area (Å²) in [5.74, 6) is 0.980. The van der Waals surface area contributed by atoms with Gasteiger partial charge in [0.2, 0.25) is 0 Å². The Morgan fingerprint density at radius 1 is 1.00 bits per heavy atom. The smallest absolute Gasteiger partial charge is 0.291 e. The fraction of sp³-hybridized carbons (Fsp3) is 0.150. The van der Waals surface area contributed by atoms with Crippen molar-refractivity contribution in [1.29, 1.82) is 0 Å². The third-order valence-corrected chi connectivity index (χ3v) is 5.61. The van der Waals surface area contributed by atoms with Crippen LogP contribution >= 0.6 is 0 Å². The van der Waals surface area contributed by atoms with Gasteiger partial charge in [0.15, 0.2) is 15.6 Å². The van der Waals surface area contributed by atoms with Crippen molar-refractivity contribution in [3.8, 4) is 5.75 Å². The van der Waals surface area contributed by atoms with E-state index in [9.17, 15) is 13.2 Å². The van der Waals surface area contributed by atoms with Crippen molar-refractivity contribution in [3.63, 3.8) is 0 Å². The molecule has 3 rings (SSSR count). The largest absolute Gasteiger partial charge is 0.486 e. The quantitative estimate of drug-likeness (QED) is 0.667. The molecule has 0 spiro atoms. The molecule has 27 heavy (non-hydrogen) atoms. The molecule has 0 unspecified atom stereocenters. The molecule has 1 heterocycles. The van der Waals surface area contributed by atoms with E-state index in [1.54, 1.807) is 31.2 Å². The summed E-state index contributed by atoms with van der Waals surface area (Å²) in [4.78, 5) is 12.5. The molecule has 0 saturated heterocycles. The van der Waals surface area contributed by atoms with E-state index < -0.39 is 15.7 Å². The van der Waals surface area contributed by atoms with Gasteiger partial charge in [0.05, 0.1) is 10.6 Å². The van der Waals surface area contributed by atoms with Crippen LogP contribution in [-0.4, -0.2) is 20.1 Å². The summed E-state index contributed by atoms with van der Waals surface area (Å²) in [6, 6.07) is 18.6. The Kier molecular flexibility index (Phi) is 5.61. The number of hydrogen-bond acceptors (Lipinski definition) is 5. The first-order valence-corrected chi connectivity index (χ1v) is 10.0. The van der Waals surface area contributed by atoms with E-state index in [2.05, 4.69) is 5.32 Å². The fourth-order valence-electron chi connectivity index (χ4n) is 2.35. The van der Waals surface area contributed by atoms with Crippen LogP contribution in [0, 0.1) is 0 Å². The van der Waals surface area contributed by atoms with Crippen molar-refractivity contribution in [3.05, 3.63) is 78.3 Å². The molecule has 1 aromatic heterocycles. The number of furan rings is 1. The Balaban J connectivity index is 1.61. The average Bonchev–Trinajstić information content (AvgIpc) is 3.17. The molecule has 140 valence electrons. The third-order valence-electron chi connectivity index (χ3n) is 3.86. The number of anilines is 1. The van der Waals surface area contributed by atoms with Crippen molar-refractivity contribution >= 4 is 21.4 Å². The first-order valence-electron chi connectivity index (χ1n) is 8.38. The van der Waals surface area contributed by atoms with Gasteiger partial charge in [-0.2, -0.15) is 0 Å². The Hall–Kier alpha value is -3.06. The molecule has 3 aromatic rings. The second-order valence-corrected chi connectivity index (χ2v) is 8.03.